The second-order valence-corrected chi connectivity index (χ2v) is 10.9. The zero-order chi connectivity index (χ0) is 27.2. The molecule has 5 rings (SSSR count). The zero-order valence-electron chi connectivity index (χ0n) is 22.4. The van der Waals surface area contributed by atoms with E-state index in [0.717, 1.165) is 39.2 Å². The maximum absolute atomic E-state index is 12.2. The van der Waals surface area contributed by atoms with E-state index in [9.17, 15) is 9.59 Å². The molecule has 202 valence electrons. The highest BCUT2D eigenvalue weighted by atomic mass is 32.1. The first-order valence-electron chi connectivity index (χ1n) is 13.4. The monoisotopic (exact) mass is 543 g/mol. The number of rotatable bonds is 9. The third-order valence-corrected chi connectivity index (χ3v) is 8.27. The molecule has 0 N–H and O–H groups in total. The Morgan fingerprint density at radius 3 is 2.31 bits per heavy atom. The van der Waals surface area contributed by atoms with Crippen LogP contribution in [0.5, 0.6) is 11.5 Å². The molecule has 7 heteroatoms. The number of hydrogen-bond donors (Lipinski definition) is 0. The van der Waals surface area contributed by atoms with Crippen LogP contribution in [-0.4, -0.2) is 50.2 Å². The lowest BCUT2D eigenvalue weighted by Gasteiger charge is -2.26. The summed E-state index contributed by atoms with van der Waals surface area (Å²) in [6.45, 7) is 5.40. The maximum atomic E-state index is 12.2. The van der Waals surface area contributed by atoms with Gasteiger partial charge in [0.15, 0.2) is 0 Å². The summed E-state index contributed by atoms with van der Waals surface area (Å²) in [4.78, 5) is 27.1. The predicted octanol–water partition coefficient (Wildman–Crippen LogP) is 6.74. The van der Waals surface area contributed by atoms with Crippen LogP contribution in [0, 0.1) is 0 Å². The minimum atomic E-state index is -0.352. The van der Waals surface area contributed by atoms with Gasteiger partial charge in [-0.05, 0) is 103 Å². The van der Waals surface area contributed by atoms with Crippen LogP contribution in [0.4, 0.5) is 0 Å². The summed E-state index contributed by atoms with van der Waals surface area (Å²) < 4.78 is 17.2. The molecule has 0 bridgehead atoms. The van der Waals surface area contributed by atoms with Gasteiger partial charge >= 0.3 is 11.9 Å². The number of fused-ring (bicyclic) bond motifs is 1. The third kappa shape index (κ3) is 6.67. The lowest BCUT2D eigenvalue weighted by Crippen LogP contribution is -2.33. The van der Waals surface area contributed by atoms with Gasteiger partial charge in [0.1, 0.15) is 18.1 Å². The average molecular weight is 544 g/mol. The number of thiophene rings is 1. The van der Waals surface area contributed by atoms with E-state index in [-0.39, 0.29) is 11.9 Å². The standard InChI is InChI=1S/C32H33NO5S/c1-22(34)38-27-13-8-24(9-14-27)31-29(28-15-10-25(32(35)36-2)21-30(28)39-31)20-23-6-11-26(12-7-23)37-19-18-33-16-4-3-5-17-33/h6-15,21H,3-5,16-20H2,1-2H3. The summed E-state index contributed by atoms with van der Waals surface area (Å²) >= 11 is 1.64. The topological polar surface area (TPSA) is 65.1 Å². The molecule has 39 heavy (non-hydrogen) atoms. The Morgan fingerprint density at radius 1 is 0.897 bits per heavy atom. The average Bonchev–Trinajstić information content (AvgIpc) is 3.31. The Kier molecular flexibility index (Phi) is 8.59. The molecular weight excluding hydrogens is 510 g/mol. The van der Waals surface area contributed by atoms with Gasteiger partial charge in [-0.1, -0.05) is 24.6 Å². The molecule has 1 saturated heterocycles. The molecule has 0 amide bonds. The van der Waals surface area contributed by atoms with E-state index >= 15 is 0 Å². The van der Waals surface area contributed by atoms with Crippen molar-refractivity contribution in [3.05, 3.63) is 83.4 Å². The van der Waals surface area contributed by atoms with Crippen LogP contribution in [0.15, 0.2) is 66.7 Å². The molecule has 4 aromatic rings. The number of piperidine rings is 1. The predicted molar refractivity (Wildman–Crippen MR) is 155 cm³/mol. The van der Waals surface area contributed by atoms with Crippen LogP contribution >= 0.6 is 11.3 Å². The van der Waals surface area contributed by atoms with E-state index in [1.807, 2.05) is 42.5 Å². The van der Waals surface area contributed by atoms with E-state index in [2.05, 4.69) is 17.0 Å². The lowest BCUT2D eigenvalue weighted by atomic mass is 9.98. The fourth-order valence-corrected chi connectivity index (χ4v) is 6.29. The van der Waals surface area contributed by atoms with Crippen LogP contribution in [0.3, 0.4) is 0 Å². The van der Waals surface area contributed by atoms with Gasteiger partial charge in [-0.15, -0.1) is 11.3 Å². The summed E-state index contributed by atoms with van der Waals surface area (Å²) in [6, 6.07) is 21.6. The Hall–Kier alpha value is -3.68. The molecule has 0 unspecified atom stereocenters. The molecule has 6 nitrogen and oxygen atoms in total. The molecule has 3 aromatic carbocycles. The van der Waals surface area contributed by atoms with Crippen molar-refractivity contribution < 1.29 is 23.8 Å². The van der Waals surface area contributed by atoms with E-state index in [4.69, 9.17) is 14.2 Å². The van der Waals surface area contributed by atoms with Crippen molar-refractivity contribution in [2.45, 2.75) is 32.6 Å². The molecule has 1 aliphatic heterocycles. The first-order chi connectivity index (χ1) is 19.0. The fraction of sp³-hybridized carbons (Fsp3) is 0.312. The van der Waals surface area contributed by atoms with E-state index in [1.54, 1.807) is 23.5 Å². The summed E-state index contributed by atoms with van der Waals surface area (Å²) in [7, 11) is 1.39. The second kappa shape index (κ2) is 12.5. The van der Waals surface area contributed by atoms with Crippen molar-refractivity contribution in [3.8, 4) is 21.9 Å². The molecule has 0 radical (unpaired) electrons. The van der Waals surface area contributed by atoms with Gasteiger partial charge in [-0.3, -0.25) is 9.69 Å². The van der Waals surface area contributed by atoms with Gasteiger partial charge in [0, 0.05) is 23.0 Å². The number of methoxy groups -OCH3 is 1. The number of nitrogens with zero attached hydrogens (tertiary/aromatic N) is 1. The Bertz CT molecular complexity index is 1440. The number of carbonyl (C=O) groups excluding carboxylic acids is 2. The van der Waals surface area contributed by atoms with Crippen molar-refractivity contribution >= 4 is 33.4 Å². The van der Waals surface area contributed by atoms with Crippen LogP contribution in [0.25, 0.3) is 20.5 Å². The van der Waals surface area contributed by atoms with Gasteiger partial charge in [-0.2, -0.15) is 0 Å². The zero-order valence-corrected chi connectivity index (χ0v) is 23.2. The molecule has 1 fully saturated rings. The number of carbonyl (C=O) groups is 2. The minimum Gasteiger partial charge on any atom is -0.492 e. The van der Waals surface area contributed by atoms with Gasteiger partial charge in [-0.25, -0.2) is 4.79 Å². The van der Waals surface area contributed by atoms with Crippen molar-refractivity contribution in [1.82, 2.24) is 4.90 Å². The van der Waals surface area contributed by atoms with Crippen LogP contribution in [0.1, 0.15) is 47.7 Å². The molecule has 1 aromatic heterocycles. The van der Waals surface area contributed by atoms with Crippen molar-refractivity contribution in [2.24, 2.45) is 0 Å². The van der Waals surface area contributed by atoms with Gasteiger partial charge in [0.05, 0.1) is 12.7 Å². The highest BCUT2D eigenvalue weighted by Gasteiger charge is 2.17. The quantitative estimate of drug-likeness (QED) is 0.172. The highest BCUT2D eigenvalue weighted by molar-refractivity contribution is 7.22. The van der Waals surface area contributed by atoms with Crippen LogP contribution in [0.2, 0.25) is 0 Å². The number of hydrogen-bond acceptors (Lipinski definition) is 7. The molecule has 0 aliphatic carbocycles. The second-order valence-electron chi connectivity index (χ2n) is 9.80. The molecule has 1 aliphatic rings. The van der Waals surface area contributed by atoms with Crippen molar-refractivity contribution in [1.29, 1.82) is 0 Å². The van der Waals surface area contributed by atoms with E-state index < -0.39 is 0 Å². The van der Waals surface area contributed by atoms with Gasteiger partial charge < -0.3 is 14.2 Å². The molecule has 0 atom stereocenters. The van der Waals surface area contributed by atoms with Crippen LogP contribution in [-0.2, 0) is 16.0 Å². The molecular formula is C32H33NO5S. The molecule has 2 heterocycles. The van der Waals surface area contributed by atoms with Crippen molar-refractivity contribution in [2.75, 3.05) is 33.4 Å². The fourth-order valence-electron chi connectivity index (χ4n) is 5.03. The minimum absolute atomic E-state index is 0.348. The number of esters is 2. The number of benzene rings is 3. The summed E-state index contributed by atoms with van der Waals surface area (Å²) in [5, 5.41) is 1.11. The normalized spacial score (nSPS) is 13.8. The lowest BCUT2D eigenvalue weighted by molar-refractivity contribution is -0.131. The SMILES string of the molecule is COC(=O)c1ccc2c(Cc3ccc(OCCN4CCCCC4)cc3)c(-c3ccc(OC(C)=O)cc3)sc2c1. The number of likely N-dealkylation sites (tertiary alicyclic amines) is 1. The van der Waals surface area contributed by atoms with E-state index in [0.29, 0.717) is 17.9 Å². The Balaban J connectivity index is 1.38. The summed E-state index contributed by atoms with van der Waals surface area (Å²) in [5.74, 6) is 0.697. The van der Waals surface area contributed by atoms with E-state index in [1.165, 1.54) is 57.5 Å². The highest BCUT2D eigenvalue weighted by Crippen LogP contribution is 2.41. The van der Waals surface area contributed by atoms with Crippen molar-refractivity contribution in [3.63, 3.8) is 0 Å². The van der Waals surface area contributed by atoms with Crippen LogP contribution < -0.4 is 9.47 Å². The van der Waals surface area contributed by atoms with Gasteiger partial charge in [0.25, 0.3) is 0 Å². The summed E-state index contributed by atoms with van der Waals surface area (Å²) in [6.07, 6.45) is 4.64. The Morgan fingerprint density at radius 2 is 1.62 bits per heavy atom. The summed E-state index contributed by atoms with van der Waals surface area (Å²) in [5.41, 5.74) is 3.92. The number of ether oxygens (including phenoxy) is 3. The largest absolute Gasteiger partial charge is 0.492 e. The first kappa shape index (κ1) is 26.9. The Labute approximate surface area is 233 Å². The third-order valence-electron chi connectivity index (χ3n) is 7.02. The molecule has 0 saturated carbocycles. The molecule has 0 spiro atoms. The van der Waals surface area contributed by atoms with Gasteiger partial charge in [0.2, 0.25) is 0 Å². The first-order valence-corrected chi connectivity index (χ1v) is 14.2. The maximum Gasteiger partial charge on any atom is 0.337 e. The smallest absolute Gasteiger partial charge is 0.337 e.